The first-order valence-electron chi connectivity index (χ1n) is 5.83. The van der Waals surface area contributed by atoms with Crippen molar-refractivity contribution in [3.63, 3.8) is 0 Å². The first kappa shape index (κ1) is 15.8. The van der Waals surface area contributed by atoms with Gasteiger partial charge in [0.15, 0.2) is 0 Å². The van der Waals surface area contributed by atoms with Crippen LogP contribution >= 0.6 is 24.0 Å². The predicted molar refractivity (Wildman–Crippen MR) is 82.3 cm³/mol. The van der Waals surface area contributed by atoms with Crippen LogP contribution in [0.4, 0.5) is 0 Å². The van der Waals surface area contributed by atoms with Gasteiger partial charge in [0.1, 0.15) is 5.75 Å². The van der Waals surface area contributed by atoms with Crippen molar-refractivity contribution in [3.05, 3.63) is 64.7 Å². The lowest BCUT2D eigenvalue weighted by molar-refractivity contribution is 0.414. The summed E-state index contributed by atoms with van der Waals surface area (Å²) in [5.41, 5.74) is 8.42. The number of ether oxygens (including phenoxy) is 1. The Balaban J connectivity index is 0.00000180. The Bertz CT molecular complexity index is 514. The van der Waals surface area contributed by atoms with Crippen LogP contribution in [0.25, 0.3) is 0 Å². The van der Waals surface area contributed by atoms with E-state index in [1.165, 1.54) is 0 Å². The molecule has 1 atom stereocenters. The number of halogens is 2. The molecule has 0 saturated heterocycles. The minimum Gasteiger partial charge on any atom is -0.497 e. The van der Waals surface area contributed by atoms with Crippen molar-refractivity contribution in [2.75, 3.05) is 7.11 Å². The third kappa shape index (κ3) is 4.43. The Hall–Kier alpha value is -1.22. The molecule has 0 bridgehead atoms. The van der Waals surface area contributed by atoms with E-state index in [-0.39, 0.29) is 18.4 Å². The fourth-order valence-corrected chi connectivity index (χ4v) is 2.10. The summed E-state index contributed by atoms with van der Waals surface area (Å²) in [5.74, 6) is 0.841. The first-order valence-corrected chi connectivity index (χ1v) is 6.21. The number of methoxy groups -OCH3 is 1. The average Bonchev–Trinajstić information content (AvgIpc) is 2.39. The van der Waals surface area contributed by atoms with Gasteiger partial charge in [-0.25, -0.2) is 0 Å². The highest BCUT2D eigenvalue weighted by Crippen LogP contribution is 2.20. The molecule has 0 amide bonds. The molecule has 4 heteroatoms. The molecule has 2 rings (SSSR count). The van der Waals surface area contributed by atoms with E-state index in [1.807, 2.05) is 48.5 Å². The zero-order valence-electron chi connectivity index (χ0n) is 10.7. The van der Waals surface area contributed by atoms with Crippen LogP contribution in [0.15, 0.2) is 48.5 Å². The van der Waals surface area contributed by atoms with E-state index in [9.17, 15) is 0 Å². The van der Waals surface area contributed by atoms with Gasteiger partial charge in [0.05, 0.1) is 7.11 Å². The van der Waals surface area contributed by atoms with Crippen molar-refractivity contribution in [1.29, 1.82) is 0 Å². The zero-order valence-corrected chi connectivity index (χ0v) is 12.2. The smallest absolute Gasteiger partial charge is 0.118 e. The van der Waals surface area contributed by atoms with Gasteiger partial charge in [-0.3, -0.25) is 0 Å². The van der Waals surface area contributed by atoms with Crippen LogP contribution in [0.5, 0.6) is 5.75 Å². The van der Waals surface area contributed by atoms with Gasteiger partial charge in [0.2, 0.25) is 0 Å². The number of rotatable bonds is 4. The number of hydrogen-bond donors (Lipinski definition) is 1. The molecule has 0 saturated carbocycles. The molecule has 0 fully saturated rings. The lowest BCUT2D eigenvalue weighted by Gasteiger charge is -2.13. The number of hydrogen-bond acceptors (Lipinski definition) is 2. The predicted octanol–water partition coefficient (Wildman–Crippen LogP) is 4.01. The molecular weight excluding hydrogens is 281 g/mol. The molecule has 2 nitrogen and oxygen atoms in total. The van der Waals surface area contributed by atoms with Crippen molar-refractivity contribution >= 4 is 24.0 Å². The van der Waals surface area contributed by atoms with Gasteiger partial charge < -0.3 is 10.5 Å². The van der Waals surface area contributed by atoms with Crippen LogP contribution in [-0.4, -0.2) is 7.11 Å². The molecule has 2 N–H and O–H groups in total. The van der Waals surface area contributed by atoms with Crippen molar-refractivity contribution < 1.29 is 4.74 Å². The summed E-state index contributed by atoms with van der Waals surface area (Å²) < 4.78 is 5.12. The van der Waals surface area contributed by atoms with Crippen molar-refractivity contribution in [1.82, 2.24) is 0 Å². The molecule has 2 aromatic rings. The van der Waals surface area contributed by atoms with Crippen LogP contribution in [0, 0.1) is 0 Å². The van der Waals surface area contributed by atoms with E-state index in [2.05, 4.69) is 0 Å². The molecular formula is C15H17Cl2NO. The monoisotopic (exact) mass is 297 g/mol. The largest absolute Gasteiger partial charge is 0.497 e. The summed E-state index contributed by atoms with van der Waals surface area (Å²) in [6.07, 6.45) is 0.771. The van der Waals surface area contributed by atoms with E-state index in [0.29, 0.717) is 0 Å². The highest BCUT2D eigenvalue weighted by molar-refractivity contribution is 6.30. The lowest BCUT2D eigenvalue weighted by atomic mass is 10.00. The second-order valence-corrected chi connectivity index (χ2v) is 4.65. The average molecular weight is 298 g/mol. The van der Waals surface area contributed by atoms with Gasteiger partial charge in [-0.1, -0.05) is 35.9 Å². The van der Waals surface area contributed by atoms with Gasteiger partial charge >= 0.3 is 0 Å². The second-order valence-electron chi connectivity index (χ2n) is 4.21. The number of benzene rings is 2. The molecule has 102 valence electrons. The highest BCUT2D eigenvalue weighted by Gasteiger charge is 2.07. The van der Waals surface area contributed by atoms with E-state index >= 15 is 0 Å². The Morgan fingerprint density at radius 2 is 1.84 bits per heavy atom. The molecule has 0 aliphatic rings. The summed E-state index contributed by atoms with van der Waals surface area (Å²) in [6, 6.07) is 15.6. The van der Waals surface area contributed by atoms with Gasteiger partial charge in [-0.2, -0.15) is 0 Å². The third-order valence-electron chi connectivity index (χ3n) is 2.89. The van der Waals surface area contributed by atoms with Gasteiger partial charge in [0.25, 0.3) is 0 Å². The Kier molecular flexibility index (Phi) is 6.16. The summed E-state index contributed by atoms with van der Waals surface area (Å²) in [5, 5.41) is 0.745. The summed E-state index contributed by atoms with van der Waals surface area (Å²) >= 11 is 5.96. The standard InChI is InChI=1S/C15H16ClNO.ClH/c1-18-14-7-5-12(6-8-14)15(17)10-11-3-2-4-13(16)9-11;/h2-9,15H,10,17H2,1H3;1H. The molecule has 0 heterocycles. The maximum atomic E-state index is 6.18. The van der Waals surface area contributed by atoms with E-state index in [4.69, 9.17) is 22.1 Å². The Morgan fingerprint density at radius 1 is 1.16 bits per heavy atom. The normalized spacial score (nSPS) is 11.5. The molecule has 1 unspecified atom stereocenters. The molecule has 0 aliphatic carbocycles. The van der Waals surface area contributed by atoms with Crippen molar-refractivity contribution in [3.8, 4) is 5.75 Å². The van der Waals surface area contributed by atoms with Gasteiger partial charge in [-0.05, 0) is 41.8 Å². The molecule has 19 heavy (non-hydrogen) atoms. The van der Waals surface area contributed by atoms with Crippen LogP contribution in [0.3, 0.4) is 0 Å². The highest BCUT2D eigenvalue weighted by atomic mass is 35.5. The minimum absolute atomic E-state index is 0. The van der Waals surface area contributed by atoms with Crippen molar-refractivity contribution in [2.24, 2.45) is 5.73 Å². The van der Waals surface area contributed by atoms with Gasteiger partial charge in [-0.15, -0.1) is 12.4 Å². The van der Waals surface area contributed by atoms with E-state index < -0.39 is 0 Å². The molecule has 2 aromatic carbocycles. The van der Waals surface area contributed by atoms with Crippen molar-refractivity contribution in [2.45, 2.75) is 12.5 Å². The minimum atomic E-state index is -0.0330. The molecule has 0 radical (unpaired) electrons. The maximum Gasteiger partial charge on any atom is 0.118 e. The SMILES string of the molecule is COc1ccc(C(N)Cc2cccc(Cl)c2)cc1.Cl. The molecule has 0 spiro atoms. The lowest BCUT2D eigenvalue weighted by Crippen LogP contribution is -2.13. The van der Waals surface area contributed by atoms with Crippen LogP contribution in [0.1, 0.15) is 17.2 Å². The van der Waals surface area contributed by atoms with E-state index in [1.54, 1.807) is 7.11 Å². The summed E-state index contributed by atoms with van der Waals surface area (Å²) in [6.45, 7) is 0. The van der Waals surface area contributed by atoms with E-state index in [0.717, 1.165) is 28.3 Å². The Morgan fingerprint density at radius 3 is 2.42 bits per heavy atom. The Labute approximate surface area is 124 Å². The molecule has 0 aliphatic heterocycles. The maximum absolute atomic E-state index is 6.18. The third-order valence-corrected chi connectivity index (χ3v) is 3.12. The fraction of sp³-hybridized carbons (Fsp3) is 0.200. The number of nitrogens with two attached hydrogens (primary N) is 1. The quantitative estimate of drug-likeness (QED) is 0.925. The van der Waals surface area contributed by atoms with Crippen LogP contribution < -0.4 is 10.5 Å². The molecule has 0 aromatic heterocycles. The summed E-state index contributed by atoms with van der Waals surface area (Å²) in [7, 11) is 1.65. The first-order chi connectivity index (χ1) is 8.69. The fourth-order valence-electron chi connectivity index (χ4n) is 1.89. The summed E-state index contributed by atoms with van der Waals surface area (Å²) in [4.78, 5) is 0. The zero-order chi connectivity index (χ0) is 13.0. The van der Waals surface area contributed by atoms with Crippen LogP contribution in [0.2, 0.25) is 5.02 Å². The van der Waals surface area contributed by atoms with Crippen LogP contribution in [-0.2, 0) is 6.42 Å². The van der Waals surface area contributed by atoms with Gasteiger partial charge in [0, 0.05) is 11.1 Å². The second kappa shape index (κ2) is 7.39. The topological polar surface area (TPSA) is 35.2 Å².